The average molecular weight is 265 g/mol. The molecular formula is C7H9BrN2O2S. The molecule has 13 heavy (non-hydrogen) atoms. The van der Waals surface area contributed by atoms with Crippen molar-refractivity contribution in [1.29, 1.82) is 0 Å². The van der Waals surface area contributed by atoms with Crippen LogP contribution in [-0.2, 0) is 10.0 Å². The van der Waals surface area contributed by atoms with E-state index in [4.69, 9.17) is 0 Å². The second-order valence-corrected chi connectivity index (χ2v) is 5.32. The Labute approximate surface area is 85.6 Å². The minimum absolute atomic E-state index is 0.313. The van der Waals surface area contributed by atoms with Gasteiger partial charge in [0.25, 0.3) is 0 Å². The molecule has 4 nitrogen and oxygen atoms in total. The predicted molar refractivity (Wildman–Crippen MR) is 55.1 cm³/mol. The number of sulfonamides is 1. The normalized spacial score (nSPS) is 11.3. The molecule has 0 unspecified atom stereocenters. The monoisotopic (exact) mass is 264 g/mol. The van der Waals surface area contributed by atoms with E-state index < -0.39 is 10.0 Å². The molecule has 1 aromatic rings. The van der Waals surface area contributed by atoms with Gasteiger partial charge < -0.3 is 0 Å². The van der Waals surface area contributed by atoms with Gasteiger partial charge in [0.05, 0.1) is 10.7 Å². The summed E-state index contributed by atoms with van der Waals surface area (Å²) in [5.74, 6) is 0.313. The first-order chi connectivity index (χ1) is 5.88. The van der Waals surface area contributed by atoms with Gasteiger partial charge in [-0.1, -0.05) is 0 Å². The van der Waals surface area contributed by atoms with Crippen LogP contribution in [-0.4, -0.2) is 19.7 Å². The van der Waals surface area contributed by atoms with Crippen LogP contribution in [0.5, 0.6) is 0 Å². The largest absolute Gasteiger partial charge is 0.267 e. The summed E-state index contributed by atoms with van der Waals surface area (Å²) in [4.78, 5) is 3.93. The molecule has 0 aliphatic carbocycles. The second kappa shape index (κ2) is 3.63. The molecule has 1 aromatic heterocycles. The lowest BCUT2D eigenvalue weighted by Crippen LogP contribution is -2.11. The Bertz CT molecular complexity index is 417. The van der Waals surface area contributed by atoms with E-state index in [-0.39, 0.29) is 0 Å². The van der Waals surface area contributed by atoms with Gasteiger partial charge in [0.2, 0.25) is 10.0 Å². The summed E-state index contributed by atoms with van der Waals surface area (Å²) >= 11 is 3.21. The van der Waals surface area contributed by atoms with Crippen molar-refractivity contribution in [1.82, 2.24) is 4.98 Å². The lowest BCUT2D eigenvalue weighted by molar-refractivity contribution is 0.606. The molecule has 0 bridgehead atoms. The topological polar surface area (TPSA) is 59.1 Å². The highest BCUT2D eigenvalue weighted by Crippen LogP contribution is 2.20. The summed E-state index contributed by atoms with van der Waals surface area (Å²) in [5.41, 5.74) is 0.964. The summed E-state index contributed by atoms with van der Waals surface area (Å²) in [6.07, 6.45) is 2.68. The van der Waals surface area contributed by atoms with E-state index in [1.54, 1.807) is 12.3 Å². The first-order valence-corrected chi connectivity index (χ1v) is 6.17. The molecule has 0 aliphatic heterocycles. The van der Waals surface area contributed by atoms with Crippen LogP contribution in [0.3, 0.4) is 0 Å². The van der Waals surface area contributed by atoms with Crippen molar-refractivity contribution >= 4 is 31.8 Å². The molecule has 0 spiro atoms. The fraction of sp³-hybridized carbons (Fsp3) is 0.286. The van der Waals surface area contributed by atoms with E-state index in [0.717, 1.165) is 11.8 Å². The van der Waals surface area contributed by atoms with E-state index >= 15 is 0 Å². The van der Waals surface area contributed by atoms with Gasteiger partial charge in [-0.2, -0.15) is 0 Å². The number of hydrogen-bond acceptors (Lipinski definition) is 3. The summed E-state index contributed by atoms with van der Waals surface area (Å²) in [6.45, 7) is 1.88. The number of nitrogens with one attached hydrogen (secondary N) is 1. The summed E-state index contributed by atoms with van der Waals surface area (Å²) in [6, 6.07) is 1.79. The zero-order valence-corrected chi connectivity index (χ0v) is 9.61. The molecule has 1 N–H and O–H groups in total. The number of halogens is 1. The number of aromatic nitrogens is 1. The van der Waals surface area contributed by atoms with Crippen LogP contribution in [0.15, 0.2) is 16.7 Å². The molecule has 0 amide bonds. The molecule has 6 heteroatoms. The quantitative estimate of drug-likeness (QED) is 0.882. The molecule has 0 saturated heterocycles. The van der Waals surface area contributed by atoms with Crippen LogP contribution in [0.25, 0.3) is 0 Å². The fourth-order valence-corrected chi connectivity index (χ4v) is 1.99. The van der Waals surface area contributed by atoms with Gasteiger partial charge in [-0.3, -0.25) is 4.72 Å². The van der Waals surface area contributed by atoms with E-state index in [0.29, 0.717) is 10.3 Å². The van der Waals surface area contributed by atoms with Gasteiger partial charge in [0.15, 0.2) is 5.82 Å². The van der Waals surface area contributed by atoms with Gasteiger partial charge in [-0.25, -0.2) is 13.4 Å². The van der Waals surface area contributed by atoms with Crippen molar-refractivity contribution in [2.45, 2.75) is 6.92 Å². The average Bonchev–Trinajstić information content (AvgIpc) is 1.93. The second-order valence-electron chi connectivity index (χ2n) is 2.72. The Morgan fingerprint density at radius 1 is 1.54 bits per heavy atom. The number of nitrogens with zero attached hydrogens (tertiary/aromatic N) is 1. The van der Waals surface area contributed by atoms with E-state index in [9.17, 15) is 8.42 Å². The van der Waals surface area contributed by atoms with Crippen LogP contribution >= 0.6 is 15.9 Å². The Morgan fingerprint density at radius 3 is 2.62 bits per heavy atom. The number of rotatable bonds is 2. The number of aryl methyl sites for hydroxylation is 1. The van der Waals surface area contributed by atoms with Crippen molar-refractivity contribution < 1.29 is 8.42 Å². The number of pyridine rings is 1. The number of anilines is 1. The van der Waals surface area contributed by atoms with Crippen LogP contribution in [0.4, 0.5) is 5.82 Å². The van der Waals surface area contributed by atoms with Crippen LogP contribution < -0.4 is 4.72 Å². The Kier molecular flexibility index (Phi) is 2.92. The zero-order chi connectivity index (χ0) is 10.1. The first-order valence-electron chi connectivity index (χ1n) is 3.48. The van der Waals surface area contributed by atoms with Crippen LogP contribution in [0.1, 0.15) is 5.56 Å². The summed E-state index contributed by atoms with van der Waals surface area (Å²) in [7, 11) is -3.26. The SMILES string of the molecule is Cc1cnc(NS(C)(=O)=O)c(Br)c1. The lowest BCUT2D eigenvalue weighted by Gasteiger charge is -2.04. The lowest BCUT2D eigenvalue weighted by atomic mass is 10.3. The third kappa shape index (κ3) is 3.31. The molecular weight excluding hydrogens is 256 g/mol. The highest BCUT2D eigenvalue weighted by Gasteiger charge is 2.06. The highest BCUT2D eigenvalue weighted by atomic mass is 79.9. The smallest absolute Gasteiger partial charge is 0.231 e. The van der Waals surface area contributed by atoms with Crippen LogP contribution in [0, 0.1) is 6.92 Å². The standard InChI is InChI=1S/C7H9BrN2O2S/c1-5-3-6(8)7(9-4-5)10-13(2,11)12/h3-4H,1-2H3,(H,9,10). The highest BCUT2D eigenvalue weighted by molar-refractivity contribution is 9.10. The molecule has 1 heterocycles. The van der Waals surface area contributed by atoms with E-state index in [1.807, 2.05) is 6.92 Å². The van der Waals surface area contributed by atoms with Crippen molar-refractivity contribution in [3.63, 3.8) is 0 Å². The van der Waals surface area contributed by atoms with Crippen LogP contribution in [0.2, 0.25) is 0 Å². The molecule has 0 saturated carbocycles. The zero-order valence-electron chi connectivity index (χ0n) is 7.20. The number of hydrogen-bond donors (Lipinski definition) is 1. The maximum absolute atomic E-state index is 10.9. The minimum Gasteiger partial charge on any atom is -0.267 e. The molecule has 0 radical (unpaired) electrons. The van der Waals surface area contributed by atoms with Crippen molar-refractivity contribution in [2.75, 3.05) is 11.0 Å². The molecule has 0 fully saturated rings. The molecule has 0 aliphatic rings. The van der Waals surface area contributed by atoms with E-state index in [2.05, 4.69) is 25.6 Å². The maximum atomic E-state index is 10.9. The molecule has 1 rings (SSSR count). The fourth-order valence-electron chi connectivity index (χ4n) is 0.784. The summed E-state index contributed by atoms with van der Waals surface area (Å²) < 4.78 is 24.7. The Morgan fingerprint density at radius 2 is 2.15 bits per heavy atom. The molecule has 0 aromatic carbocycles. The molecule has 0 atom stereocenters. The Hall–Kier alpha value is -0.620. The van der Waals surface area contributed by atoms with Gasteiger partial charge >= 0.3 is 0 Å². The first kappa shape index (κ1) is 10.5. The third-order valence-corrected chi connectivity index (χ3v) is 2.43. The minimum atomic E-state index is -3.26. The van der Waals surface area contributed by atoms with Gasteiger partial charge in [0.1, 0.15) is 0 Å². The van der Waals surface area contributed by atoms with Gasteiger partial charge in [-0.15, -0.1) is 0 Å². The van der Waals surface area contributed by atoms with Crippen molar-refractivity contribution in [3.8, 4) is 0 Å². The van der Waals surface area contributed by atoms with Gasteiger partial charge in [0, 0.05) is 6.20 Å². The summed E-state index contributed by atoms with van der Waals surface area (Å²) in [5, 5.41) is 0. The van der Waals surface area contributed by atoms with Crippen molar-refractivity contribution in [3.05, 3.63) is 22.3 Å². The Balaban J connectivity index is 3.04. The van der Waals surface area contributed by atoms with E-state index in [1.165, 1.54) is 0 Å². The van der Waals surface area contributed by atoms with Gasteiger partial charge in [-0.05, 0) is 34.5 Å². The van der Waals surface area contributed by atoms with Crippen molar-refractivity contribution in [2.24, 2.45) is 0 Å². The maximum Gasteiger partial charge on any atom is 0.231 e. The third-order valence-electron chi connectivity index (χ3n) is 1.26. The molecule has 72 valence electrons. The predicted octanol–water partition coefficient (Wildman–Crippen LogP) is 1.52.